The molecular weight excluding hydrogens is 404 g/mol. The topological polar surface area (TPSA) is 75.3 Å². The molecule has 0 unspecified atom stereocenters. The lowest BCUT2D eigenvalue weighted by atomic mass is 10.0. The molecule has 29 heavy (non-hydrogen) atoms. The summed E-state index contributed by atoms with van der Waals surface area (Å²) in [6, 6.07) is 13.3. The van der Waals surface area contributed by atoms with Crippen LogP contribution >= 0.6 is 11.8 Å². The number of hydrogen-bond acceptors (Lipinski definition) is 4. The SMILES string of the molecule is Cc1cccc(NS(=O)(=O)c2cccc(C(=O)NCCSC3CCCCC3)c2)c1. The third kappa shape index (κ3) is 6.51. The van der Waals surface area contributed by atoms with Gasteiger partial charge in [0.1, 0.15) is 0 Å². The lowest BCUT2D eigenvalue weighted by Crippen LogP contribution is -2.26. The molecule has 0 spiro atoms. The van der Waals surface area contributed by atoms with Crippen molar-refractivity contribution < 1.29 is 13.2 Å². The number of nitrogens with one attached hydrogen (secondary N) is 2. The Kier molecular flexibility index (Phi) is 7.61. The van der Waals surface area contributed by atoms with E-state index in [-0.39, 0.29) is 10.8 Å². The highest BCUT2D eigenvalue weighted by Gasteiger charge is 2.17. The Morgan fingerprint density at radius 1 is 1.07 bits per heavy atom. The third-order valence-electron chi connectivity index (χ3n) is 4.97. The van der Waals surface area contributed by atoms with Gasteiger partial charge in [0.2, 0.25) is 0 Å². The molecule has 2 N–H and O–H groups in total. The molecule has 1 saturated carbocycles. The summed E-state index contributed by atoms with van der Waals surface area (Å²) in [7, 11) is -3.76. The van der Waals surface area contributed by atoms with E-state index >= 15 is 0 Å². The number of sulfonamides is 1. The molecule has 156 valence electrons. The summed E-state index contributed by atoms with van der Waals surface area (Å²) in [4.78, 5) is 12.5. The minimum absolute atomic E-state index is 0.0724. The second-order valence-electron chi connectivity index (χ2n) is 7.39. The third-order valence-corrected chi connectivity index (χ3v) is 7.73. The number of carbonyl (C=O) groups excluding carboxylic acids is 1. The average molecular weight is 433 g/mol. The molecule has 7 heteroatoms. The van der Waals surface area contributed by atoms with Crippen molar-refractivity contribution in [2.24, 2.45) is 0 Å². The molecule has 0 saturated heterocycles. The predicted molar refractivity (Wildman–Crippen MR) is 120 cm³/mol. The van der Waals surface area contributed by atoms with Crippen LogP contribution in [0.3, 0.4) is 0 Å². The minimum atomic E-state index is -3.76. The van der Waals surface area contributed by atoms with Gasteiger partial charge in [-0.2, -0.15) is 11.8 Å². The van der Waals surface area contributed by atoms with Crippen molar-refractivity contribution in [3.63, 3.8) is 0 Å². The van der Waals surface area contributed by atoms with Crippen LogP contribution in [-0.2, 0) is 10.0 Å². The molecular formula is C22H28N2O3S2. The first kappa shape index (κ1) is 21.7. The van der Waals surface area contributed by atoms with Crippen molar-refractivity contribution in [1.29, 1.82) is 0 Å². The minimum Gasteiger partial charge on any atom is -0.351 e. The van der Waals surface area contributed by atoms with E-state index in [2.05, 4.69) is 10.0 Å². The number of hydrogen-bond donors (Lipinski definition) is 2. The Bertz CT molecular complexity index is 939. The molecule has 0 radical (unpaired) electrons. The Hall–Kier alpha value is -1.99. The summed E-state index contributed by atoms with van der Waals surface area (Å²) >= 11 is 1.92. The van der Waals surface area contributed by atoms with Crippen LogP contribution in [-0.4, -0.2) is 31.9 Å². The van der Waals surface area contributed by atoms with Crippen molar-refractivity contribution in [3.05, 3.63) is 59.7 Å². The van der Waals surface area contributed by atoms with Crippen LogP contribution < -0.4 is 10.0 Å². The van der Waals surface area contributed by atoms with Gasteiger partial charge in [-0.1, -0.05) is 37.5 Å². The van der Waals surface area contributed by atoms with Crippen molar-refractivity contribution in [2.45, 2.75) is 49.2 Å². The lowest BCUT2D eigenvalue weighted by molar-refractivity contribution is 0.0956. The van der Waals surface area contributed by atoms with E-state index in [1.807, 2.05) is 24.8 Å². The first-order chi connectivity index (χ1) is 13.9. The van der Waals surface area contributed by atoms with E-state index in [0.29, 0.717) is 23.0 Å². The van der Waals surface area contributed by atoms with Crippen LogP contribution in [0.15, 0.2) is 53.4 Å². The van der Waals surface area contributed by atoms with E-state index in [0.717, 1.165) is 11.3 Å². The molecule has 0 bridgehead atoms. The summed E-state index contributed by atoms with van der Waals surface area (Å²) < 4.78 is 27.9. The highest BCUT2D eigenvalue weighted by Crippen LogP contribution is 2.27. The molecule has 1 fully saturated rings. The molecule has 1 amide bonds. The summed E-state index contributed by atoms with van der Waals surface area (Å²) in [5.41, 5.74) is 1.81. The van der Waals surface area contributed by atoms with E-state index in [9.17, 15) is 13.2 Å². The van der Waals surface area contributed by atoms with Crippen molar-refractivity contribution in [2.75, 3.05) is 17.0 Å². The molecule has 0 aromatic heterocycles. The Balaban J connectivity index is 1.57. The van der Waals surface area contributed by atoms with Gasteiger partial charge >= 0.3 is 0 Å². The van der Waals surface area contributed by atoms with E-state index in [4.69, 9.17) is 0 Å². The number of aryl methyl sites for hydroxylation is 1. The number of amides is 1. The normalized spacial score (nSPS) is 15.1. The van der Waals surface area contributed by atoms with Crippen molar-refractivity contribution in [1.82, 2.24) is 5.32 Å². The first-order valence-electron chi connectivity index (χ1n) is 10.0. The van der Waals surface area contributed by atoms with Crippen LogP contribution in [0.5, 0.6) is 0 Å². The van der Waals surface area contributed by atoms with Gasteiger partial charge in [-0.15, -0.1) is 0 Å². The maximum absolute atomic E-state index is 12.7. The van der Waals surface area contributed by atoms with Gasteiger partial charge in [0.15, 0.2) is 0 Å². The number of benzene rings is 2. The Morgan fingerprint density at radius 2 is 1.83 bits per heavy atom. The molecule has 3 rings (SSSR count). The number of rotatable bonds is 8. The fourth-order valence-electron chi connectivity index (χ4n) is 3.45. The Labute approximate surface area is 177 Å². The van der Waals surface area contributed by atoms with Crippen LogP contribution in [0.2, 0.25) is 0 Å². The van der Waals surface area contributed by atoms with Crippen molar-refractivity contribution >= 4 is 33.4 Å². The standard InChI is InChI=1S/C22H28N2O3S2/c1-17-7-5-9-19(15-17)24-29(26,27)21-12-6-8-18(16-21)22(25)23-13-14-28-20-10-3-2-4-11-20/h5-9,12,15-16,20,24H,2-4,10-11,13-14H2,1H3,(H,23,25). The zero-order valence-electron chi connectivity index (χ0n) is 16.7. The van der Waals surface area contributed by atoms with E-state index < -0.39 is 10.0 Å². The van der Waals surface area contributed by atoms with Crippen LogP contribution in [0.25, 0.3) is 0 Å². The van der Waals surface area contributed by atoms with Gasteiger partial charge in [-0.25, -0.2) is 8.42 Å². The number of thioether (sulfide) groups is 1. The fraction of sp³-hybridized carbons (Fsp3) is 0.409. The average Bonchev–Trinajstić information content (AvgIpc) is 2.71. The summed E-state index contributed by atoms with van der Waals surface area (Å²) in [6.45, 7) is 2.48. The molecule has 0 atom stereocenters. The number of anilines is 1. The maximum atomic E-state index is 12.7. The van der Waals surface area contributed by atoms with Crippen LogP contribution in [0.4, 0.5) is 5.69 Å². The van der Waals surface area contributed by atoms with Crippen LogP contribution in [0, 0.1) is 6.92 Å². The Morgan fingerprint density at radius 3 is 2.59 bits per heavy atom. The largest absolute Gasteiger partial charge is 0.351 e. The second-order valence-corrected chi connectivity index (χ2v) is 10.5. The smallest absolute Gasteiger partial charge is 0.261 e. The molecule has 0 heterocycles. The highest BCUT2D eigenvalue weighted by molar-refractivity contribution is 7.99. The summed E-state index contributed by atoms with van der Waals surface area (Å²) in [6.07, 6.45) is 6.49. The number of carbonyl (C=O) groups is 1. The summed E-state index contributed by atoms with van der Waals surface area (Å²) in [5, 5.41) is 3.61. The van der Waals surface area contributed by atoms with Gasteiger partial charge in [0.05, 0.1) is 4.90 Å². The monoisotopic (exact) mass is 432 g/mol. The van der Waals surface area contributed by atoms with Crippen molar-refractivity contribution in [3.8, 4) is 0 Å². The maximum Gasteiger partial charge on any atom is 0.261 e. The van der Waals surface area contributed by atoms with Gasteiger partial charge in [-0.05, 0) is 55.7 Å². The lowest BCUT2D eigenvalue weighted by Gasteiger charge is -2.20. The van der Waals surface area contributed by atoms with E-state index in [1.54, 1.807) is 30.3 Å². The highest BCUT2D eigenvalue weighted by atomic mass is 32.2. The molecule has 5 nitrogen and oxygen atoms in total. The molecule has 1 aliphatic rings. The molecule has 2 aromatic carbocycles. The van der Waals surface area contributed by atoms with Crippen LogP contribution in [0.1, 0.15) is 48.0 Å². The summed E-state index contributed by atoms with van der Waals surface area (Å²) in [5.74, 6) is 0.630. The van der Waals surface area contributed by atoms with Gasteiger partial charge in [0, 0.05) is 28.8 Å². The fourth-order valence-corrected chi connectivity index (χ4v) is 5.77. The van der Waals surface area contributed by atoms with Gasteiger partial charge < -0.3 is 5.32 Å². The molecule has 2 aromatic rings. The second kappa shape index (κ2) is 10.2. The quantitative estimate of drug-likeness (QED) is 0.598. The van der Waals surface area contributed by atoms with Gasteiger partial charge in [-0.3, -0.25) is 9.52 Å². The van der Waals surface area contributed by atoms with Gasteiger partial charge in [0.25, 0.3) is 15.9 Å². The zero-order chi connectivity index (χ0) is 20.7. The predicted octanol–water partition coefficient (Wildman–Crippen LogP) is 4.59. The zero-order valence-corrected chi connectivity index (χ0v) is 18.3. The molecule has 0 aliphatic heterocycles. The molecule has 1 aliphatic carbocycles. The van der Waals surface area contributed by atoms with E-state index in [1.165, 1.54) is 44.2 Å². The first-order valence-corrected chi connectivity index (χ1v) is 12.6.